The molecular formula is C17H19N2OPS. The van der Waals surface area contributed by atoms with E-state index in [1.807, 2.05) is 36.4 Å². The molecule has 0 saturated carbocycles. The number of anilines is 1. The van der Waals surface area contributed by atoms with E-state index in [4.69, 9.17) is 0 Å². The molecule has 0 amide bonds. The van der Waals surface area contributed by atoms with Gasteiger partial charge in [-0.1, -0.05) is 36.4 Å². The molecule has 0 bridgehead atoms. The molecule has 0 radical (unpaired) electrons. The molecule has 2 saturated heterocycles. The van der Waals surface area contributed by atoms with Crippen molar-refractivity contribution < 1.29 is 4.57 Å². The minimum Gasteiger partial charge on any atom is -0.301 e. The molecular weight excluding hydrogens is 311 g/mol. The number of para-hydroxylation sites is 1. The Labute approximate surface area is 135 Å². The van der Waals surface area contributed by atoms with E-state index >= 15 is 0 Å². The van der Waals surface area contributed by atoms with Crippen LogP contribution in [0, 0.1) is 0 Å². The summed E-state index contributed by atoms with van der Waals surface area (Å²) in [5.74, 6) is 0. The van der Waals surface area contributed by atoms with E-state index in [1.165, 1.54) is 0 Å². The van der Waals surface area contributed by atoms with Crippen molar-refractivity contribution in [3.05, 3.63) is 60.7 Å². The number of hydrogen-bond acceptors (Lipinski definition) is 2. The molecule has 2 aliphatic rings. The van der Waals surface area contributed by atoms with Gasteiger partial charge in [0, 0.05) is 29.7 Å². The summed E-state index contributed by atoms with van der Waals surface area (Å²) >= 11 is 1.54. The summed E-state index contributed by atoms with van der Waals surface area (Å²) < 4.78 is 18.4. The molecule has 0 N–H and O–H groups in total. The Bertz CT molecular complexity index is 694. The summed E-state index contributed by atoms with van der Waals surface area (Å²) in [7, 11) is 0. The van der Waals surface area contributed by atoms with Gasteiger partial charge in [0.05, 0.1) is 0 Å². The van der Waals surface area contributed by atoms with E-state index in [2.05, 4.69) is 33.6 Å². The molecule has 2 aliphatic heterocycles. The summed E-state index contributed by atoms with van der Waals surface area (Å²) in [6.45, 7) is -0.819. The predicted molar refractivity (Wildman–Crippen MR) is 93.4 cm³/mol. The van der Waals surface area contributed by atoms with Crippen LogP contribution in [0.2, 0.25) is 0 Å². The Morgan fingerprint density at radius 1 is 1.00 bits per heavy atom. The molecule has 2 heterocycles. The Morgan fingerprint density at radius 2 is 1.68 bits per heavy atom. The van der Waals surface area contributed by atoms with Crippen LogP contribution >= 0.6 is 18.0 Å². The first-order valence-corrected chi connectivity index (χ1v) is 10.8. The Morgan fingerprint density at radius 3 is 2.41 bits per heavy atom. The lowest BCUT2D eigenvalue weighted by molar-refractivity contribution is 0.439. The maximum atomic E-state index is 13.9. The van der Waals surface area contributed by atoms with Crippen molar-refractivity contribution in [1.82, 2.24) is 4.67 Å². The average molecular weight is 330 g/mol. The highest BCUT2D eigenvalue weighted by Crippen LogP contribution is 2.72. The van der Waals surface area contributed by atoms with Gasteiger partial charge in [0.1, 0.15) is 0 Å². The van der Waals surface area contributed by atoms with Crippen LogP contribution in [0.4, 0.5) is 5.69 Å². The van der Waals surface area contributed by atoms with Crippen molar-refractivity contribution in [2.75, 3.05) is 17.8 Å². The second-order valence-electron chi connectivity index (χ2n) is 5.77. The SMILES string of the molecule is O=[P@@]1(Sc2ccccc2)N(c2ccccc2)C[C@@H]2CCCN21. The van der Waals surface area contributed by atoms with E-state index in [9.17, 15) is 4.57 Å². The smallest absolute Gasteiger partial charge is 0.300 e. The highest BCUT2D eigenvalue weighted by Gasteiger charge is 2.51. The third kappa shape index (κ3) is 2.40. The van der Waals surface area contributed by atoms with Gasteiger partial charge in [-0.3, -0.25) is 4.57 Å². The normalized spacial score (nSPS) is 28.0. The van der Waals surface area contributed by atoms with Crippen LogP contribution in [-0.4, -0.2) is 23.8 Å². The largest absolute Gasteiger partial charge is 0.301 e. The molecule has 5 heteroatoms. The number of rotatable bonds is 3. The van der Waals surface area contributed by atoms with Crippen LogP contribution in [0.15, 0.2) is 65.6 Å². The van der Waals surface area contributed by atoms with Crippen LogP contribution < -0.4 is 4.67 Å². The van der Waals surface area contributed by atoms with E-state index in [-0.39, 0.29) is 0 Å². The van der Waals surface area contributed by atoms with Gasteiger partial charge in [0.25, 0.3) is 6.65 Å². The van der Waals surface area contributed by atoms with Crippen LogP contribution in [0.5, 0.6) is 0 Å². The van der Waals surface area contributed by atoms with Gasteiger partial charge in [-0.05, 0) is 48.5 Å². The van der Waals surface area contributed by atoms with Gasteiger partial charge in [-0.25, -0.2) is 4.67 Å². The summed E-state index contributed by atoms with van der Waals surface area (Å²) in [5.41, 5.74) is 1.07. The van der Waals surface area contributed by atoms with Gasteiger partial charge in [0.15, 0.2) is 0 Å². The molecule has 0 unspecified atom stereocenters. The van der Waals surface area contributed by atoms with Crippen LogP contribution in [-0.2, 0) is 4.57 Å². The average Bonchev–Trinajstić information content (AvgIpc) is 3.12. The first-order valence-electron chi connectivity index (χ1n) is 7.72. The lowest BCUT2D eigenvalue weighted by Crippen LogP contribution is -2.20. The zero-order valence-corrected chi connectivity index (χ0v) is 14.0. The van der Waals surface area contributed by atoms with Crippen molar-refractivity contribution in [1.29, 1.82) is 0 Å². The summed E-state index contributed by atoms with van der Waals surface area (Å²) in [6.07, 6.45) is 2.31. The van der Waals surface area contributed by atoms with Crippen molar-refractivity contribution in [3.63, 3.8) is 0 Å². The zero-order valence-electron chi connectivity index (χ0n) is 12.3. The molecule has 0 aliphatic carbocycles. The second kappa shape index (κ2) is 5.77. The number of hydrogen-bond donors (Lipinski definition) is 0. The summed E-state index contributed by atoms with van der Waals surface area (Å²) in [5, 5.41) is 0. The summed E-state index contributed by atoms with van der Waals surface area (Å²) in [4.78, 5) is 1.08. The zero-order chi connectivity index (χ0) is 15.0. The van der Waals surface area contributed by atoms with Crippen molar-refractivity contribution >= 4 is 23.7 Å². The molecule has 2 atom stereocenters. The topological polar surface area (TPSA) is 23.6 Å². The quantitative estimate of drug-likeness (QED) is 0.749. The molecule has 0 spiro atoms. The monoisotopic (exact) mass is 330 g/mol. The third-order valence-corrected chi connectivity index (χ3v) is 9.85. The van der Waals surface area contributed by atoms with Crippen LogP contribution in [0.1, 0.15) is 12.8 Å². The number of fused-ring (bicyclic) bond motifs is 1. The molecule has 3 nitrogen and oxygen atoms in total. The Kier molecular flexibility index (Phi) is 3.77. The Balaban J connectivity index is 1.73. The van der Waals surface area contributed by atoms with E-state index in [0.717, 1.165) is 36.5 Å². The molecule has 22 heavy (non-hydrogen) atoms. The minimum atomic E-state index is -2.64. The van der Waals surface area contributed by atoms with E-state index < -0.39 is 6.65 Å². The molecule has 114 valence electrons. The standard InChI is InChI=1S/C17H19N2OPS/c20-21(22-17-11-5-2-6-12-17)18-13-7-10-16(18)14-19(21)15-8-3-1-4-9-15/h1-6,8-9,11-12,16H,7,10,13-14H2/t16-,21-/m0/s1. The third-order valence-electron chi connectivity index (χ3n) is 4.38. The predicted octanol–water partition coefficient (Wildman–Crippen LogP) is 4.87. The van der Waals surface area contributed by atoms with Crippen molar-refractivity contribution in [3.8, 4) is 0 Å². The molecule has 2 fully saturated rings. The minimum absolute atomic E-state index is 0.433. The highest BCUT2D eigenvalue weighted by atomic mass is 32.7. The lowest BCUT2D eigenvalue weighted by Gasteiger charge is -2.30. The maximum Gasteiger partial charge on any atom is 0.300 e. The van der Waals surface area contributed by atoms with Gasteiger partial charge < -0.3 is 4.67 Å². The van der Waals surface area contributed by atoms with Crippen LogP contribution in [0.25, 0.3) is 0 Å². The molecule has 2 aromatic rings. The van der Waals surface area contributed by atoms with Gasteiger partial charge in [-0.15, -0.1) is 0 Å². The van der Waals surface area contributed by atoms with E-state index in [1.54, 1.807) is 11.4 Å². The lowest BCUT2D eigenvalue weighted by atomic mass is 10.2. The van der Waals surface area contributed by atoms with Crippen molar-refractivity contribution in [2.24, 2.45) is 0 Å². The fourth-order valence-corrected chi connectivity index (χ4v) is 9.13. The molecule has 2 aromatic carbocycles. The first kappa shape index (κ1) is 14.4. The number of nitrogens with zero attached hydrogens (tertiary/aromatic N) is 2. The number of benzene rings is 2. The fraction of sp³-hybridized carbons (Fsp3) is 0.294. The highest BCUT2D eigenvalue weighted by molar-refractivity contribution is 8.57. The second-order valence-corrected chi connectivity index (χ2v) is 10.4. The van der Waals surface area contributed by atoms with Crippen LogP contribution in [0.3, 0.4) is 0 Å². The molecule has 4 rings (SSSR count). The van der Waals surface area contributed by atoms with Crippen molar-refractivity contribution in [2.45, 2.75) is 23.8 Å². The maximum absolute atomic E-state index is 13.9. The molecule has 0 aromatic heterocycles. The van der Waals surface area contributed by atoms with Gasteiger partial charge in [0.2, 0.25) is 0 Å². The van der Waals surface area contributed by atoms with Gasteiger partial charge >= 0.3 is 0 Å². The summed E-state index contributed by atoms with van der Waals surface area (Å²) in [6, 6.07) is 20.8. The Hall–Kier alpha value is -1.22. The van der Waals surface area contributed by atoms with E-state index in [0.29, 0.717) is 6.04 Å². The fourth-order valence-electron chi connectivity index (χ4n) is 3.35. The van der Waals surface area contributed by atoms with Gasteiger partial charge in [-0.2, -0.15) is 0 Å². The first-order chi connectivity index (χ1) is 10.8.